The van der Waals surface area contributed by atoms with Crippen molar-refractivity contribution < 1.29 is 66.5 Å². The number of hydrogen-bond acceptors (Lipinski definition) is 7. The maximum atomic E-state index is 13.4. The van der Waals surface area contributed by atoms with Gasteiger partial charge in [-0.3, -0.25) is 9.59 Å². The van der Waals surface area contributed by atoms with E-state index >= 15 is 0 Å². The third-order valence-electron chi connectivity index (χ3n) is 6.17. The summed E-state index contributed by atoms with van der Waals surface area (Å²) in [6, 6.07) is 28.4. The van der Waals surface area contributed by atoms with Gasteiger partial charge in [-0.15, -0.1) is 16.8 Å². The molecule has 0 saturated carbocycles. The summed E-state index contributed by atoms with van der Waals surface area (Å²) in [5, 5.41) is 3.08. The maximum Gasteiger partial charge on any atom is 0.408 e. The standard InChI is InChI=1S/C31H32N2O6S.Ar/c1-30(2,3)38-29(37)32-25(28(36)39-33-26(34)19-20-27(33)35)21-40-31(22-13-7-4-8-14-22,23-15-9-5-10-16-23)24-17-11-6-12-18-24;/h4-18,25H,19-21H2,1-3H3,(H,32,37);/t25-;/m0./s1. The second kappa shape index (κ2) is 14.4. The first-order valence-corrected chi connectivity index (χ1v) is 14.0. The molecule has 4 rings (SSSR count). The molecule has 0 radical (unpaired) electrons. The Labute approximate surface area is 274 Å². The molecule has 10 heteroatoms. The van der Waals surface area contributed by atoms with E-state index in [1.54, 1.807) is 20.8 Å². The number of nitrogens with one attached hydrogen (secondary N) is 1. The average Bonchev–Trinajstić information content (AvgIpc) is 3.25. The summed E-state index contributed by atoms with van der Waals surface area (Å²) in [5.74, 6) is -2.11. The zero-order valence-corrected chi connectivity index (χ0v) is 24.5. The van der Waals surface area contributed by atoms with Gasteiger partial charge < -0.3 is 14.9 Å². The molecule has 3 aromatic carbocycles. The number of nitrogens with zero attached hydrogens (tertiary/aromatic N) is 1. The minimum atomic E-state index is -1.24. The Balaban J connectivity index is 0.00000462. The van der Waals surface area contributed by atoms with Crippen LogP contribution < -0.4 is 5.32 Å². The second-order valence-electron chi connectivity index (χ2n) is 10.3. The third-order valence-corrected chi connectivity index (χ3v) is 7.81. The number of imide groups is 1. The van der Waals surface area contributed by atoms with Crippen molar-refractivity contribution in [2.45, 2.75) is 50.0 Å². The van der Waals surface area contributed by atoms with Gasteiger partial charge in [0.25, 0.3) is 11.8 Å². The number of carbonyl (C=O) groups excluding carboxylic acids is 4. The molecular formula is C31H32ArN2O6S. The van der Waals surface area contributed by atoms with Gasteiger partial charge in [-0.1, -0.05) is 91.0 Å². The molecule has 0 spiro atoms. The molecule has 0 bridgehead atoms. The van der Waals surface area contributed by atoms with Gasteiger partial charge >= 0.3 is 12.1 Å². The molecule has 216 valence electrons. The average molecular weight is 601 g/mol. The molecule has 1 N–H and O–H groups in total. The summed E-state index contributed by atoms with van der Waals surface area (Å²) < 4.78 is 4.62. The van der Waals surface area contributed by atoms with Crippen molar-refractivity contribution in [2.24, 2.45) is 0 Å². The topological polar surface area (TPSA) is 102 Å². The molecule has 8 nitrogen and oxygen atoms in total. The summed E-state index contributed by atoms with van der Waals surface area (Å²) in [4.78, 5) is 55.6. The Hall–Kier alpha value is -2.85. The van der Waals surface area contributed by atoms with E-state index in [1.807, 2.05) is 91.0 Å². The molecule has 0 aliphatic carbocycles. The minimum Gasteiger partial charge on any atom is -0.444 e. The first kappa shape index (κ1) is 32.7. The Morgan fingerprint density at radius 1 is 0.805 bits per heavy atom. The predicted octanol–water partition coefficient (Wildman–Crippen LogP) is 5.21. The fraction of sp³-hybridized carbons (Fsp3) is 0.290. The van der Waals surface area contributed by atoms with Crippen LogP contribution in [0, 0.1) is 37.7 Å². The first-order valence-electron chi connectivity index (χ1n) is 13.0. The summed E-state index contributed by atoms with van der Waals surface area (Å²) in [7, 11) is 0. The van der Waals surface area contributed by atoms with E-state index in [1.165, 1.54) is 11.8 Å². The zero-order chi connectivity index (χ0) is 28.8. The van der Waals surface area contributed by atoms with Crippen molar-refractivity contribution >= 4 is 35.6 Å². The molecule has 3 amide bonds. The zero-order valence-electron chi connectivity index (χ0n) is 23.0. The molecule has 1 aliphatic heterocycles. The van der Waals surface area contributed by atoms with Crippen molar-refractivity contribution in [2.75, 3.05) is 5.75 Å². The summed E-state index contributed by atoms with van der Waals surface area (Å²) in [5.41, 5.74) is 2.08. The van der Waals surface area contributed by atoms with E-state index in [0.717, 1.165) is 16.7 Å². The van der Waals surface area contributed by atoms with Crippen LogP contribution in [0.4, 0.5) is 4.79 Å². The quantitative estimate of drug-likeness (QED) is 0.266. The van der Waals surface area contributed by atoms with Crippen LogP contribution in [-0.2, 0) is 28.7 Å². The number of amides is 3. The molecule has 1 atom stereocenters. The predicted molar refractivity (Wildman–Crippen MR) is 152 cm³/mol. The van der Waals surface area contributed by atoms with Crippen molar-refractivity contribution in [3.63, 3.8) is 0 Å². The van der Waals surface area contributed by atoms with Crippen molar-refractivity contribution in [1.82, 2.24) is 10.4 Å². The van der Waals surface area contributed by atoms with Crippen LogP contribution in [-0.4, -0.2) is 46.3 Å². The maximum absolute atomic E-state index is 13.4. The number of rotatable bonds is 9. The molecule has 41 heavy (non-hydrogen) atoms. The first-order chi connectivity index (χ1) is 19.1. The van der Waals surface area contributed by atoms with E-state index in [0.29, 0.717) is 5.06 Å². The largest absolute Gasteiger partial charge is 0.444 e. The Morgan fingerprint density at radius 3 is 1.61 bits per heavy atom. The normalized spacial score (nSPS) is 14.2. The van der Waals surface area contributed by atoms with Crippen LogP contribution >= 0.6 is 11.8 Å². The SMILES string of the molecule is CC(C)(C)OC(=O)N[C@@H](CSC(c1ccccc1)(c1ccccc1)c1ccccc1)C(=O)ON1C(=O)CCC1=O.[Ar]. The smallest absolute Gasteiger partial charge is 0.408 e. The van der Waals surface area contributed by atoms with Crippen LogP contribution in [0.2, 0.25) is 0 Å². The van der Waals surface area contributed by atoms with Crippen LogP contribution in [0.5, 0.6) is 0 Å². The molecule has 1 saturated heterocycles. The van der Waals surface area contributed by atoms with E-state index in [-0.39, 0.29) is 56.3 Å². The van der Waals surface area contributed by atoms with Crippen molar-refractivity contribution in [3.05, 3.63) is 108 Å². The van der Waals surface area contributed by atoms with E-state index in [4.69, 9.17) is 9.57 Å². The number of hydroxylamine groups is 2. The fourth-order valence-corrected chi connectivity index (χ4v) is 5.95. The number of carbonyl (C=O) groups is 4. The van der Waals surface area contributed by atoms with E-state index < -0.39 is 40.3 Å². The van der Waals surface area contributed by atoms with Gasteiger partial charge in [0.15, 0.2) is 0 Å². The summed E-state index contributed by atoms with van der Waals surface area (Å²) in [6.07, 6.45) is -0.896. The van der Waals surface area contributed by atoms with Crippen molar-refractivity contribution in [3.8, 4) is 0 Å². The molecule has 0 unspecified atom stereocenters. The van der Waals surface area contributed by atoms with Gasteiger partial charge in [-0.05, 0) is 37.5 Å². The van der Waals surface area contributed by atoms with Gasteiger partial charge in [-0.25, -0.2) is 9.59 Å². The number of thioether (sulfide) groups is 1. The van der Waals surface area contributed by atoms with Gasteiger partial charge in [0, 0.05) is 56.3 Å². The molecule has 1 heterocycles. The Kier molecular flexibility index (Phi) is 11.4. The number of benzene rings is 3. The number of hydrogen-bond donors (Lipinski definition) is 1. The van der Waals surface area contributed by atoms with Crippen LogP contribution in [0.3, 0.4) is 0 Å². The van der Waals surface area contributed by atoms with Crippen molar-refractivity contribution in [1.29, 1.82) is 0 Å². The van der Waals surface area contributed by atoms with Gasteiger partial charge in [0.2, 0.25) is 0 Å². The van der Waals surface area contributed by atoms with Crippen LogP contribution in [0.25, 0.3) is 0 Å². The minimum absolute atomic E-state index is 0. The second-order valence-corrected chi connectivity index (χ2v) is 11.5. The molecule has 1 aliphatic rings. The van der Waals surface area contributed by atoms with Crippen LogP contribution in [0.15, 0.2) is 91.0 Å². The fourth-order valence-electron chi connectivity index (χ4n) is 4.41. The van der Waals surface area contributed by atoms with E-state index in [2.05, 4.69) is 5.32 Å². The Bertz CT molecular complexity index is 1240. The molecule has 1 fully saturated rings. The van der Waals surface area contributed by atoms with Crippen LogP contribution in [0.1, 0.15) is 50.3 Å². The number of ether oxygens (including phenoxy) is 1. The van der Waals surface area contributed by atoms with Gasteiger partial charge in [0.1, 0.15) is 11.6 Å². The third kappa shape index (κ3) is 8.13. The summed E-state index contributed by atoms with van der Waals surface area (Å²) in [6.45, 7) is 5.13. The molecule has 3 aromatic rings. The van der Waals surface area contributed by atoms with E-state index in [9.17, 15) is 19.2 Å². The Morgan fingerprint density at radius 2 is 1.22 bits per heavy atom. The summed E-state index contributed by atoms with van der Waals surface area (Å²) >= 11 is 1.42. The molecular weight excluding hydrogens is 568 g/mol. The number of alkyl carbamates (subject to hydrolysis) is 1. The van der Waals surface area contributed by atoms with Gasteiger partial charge in [0.05, 0.1) is 4.75 Å². The molecule has 0 aromatic heterocycles. The monoisotopic (exact) mass is 600 g/mol. The van der Waals surface area contributed by atoms with Gasteiger partial charge in [-0.2, -0.15) is 0 Å².